The van der Waals surface area contributed by atoms with Crippen molar-refractivity contribution >= 4 is 0 Å². The second kappa shape index (κ2) is 3.11. The van der Waals surface area contributed by atoms with E-state index in [0.717, 1.165) is 5.57 Å². The summed E-state index contributed by atoms with van der Waals surface area (Å²) in [7, 11) is 0. The zero-order valence-electron chi connectivity index (χ0n) is 6.62. The average molecular weight is 152 g/mol. The van der Waals surface area contributed by atoms with Gasteiger partial charge < -0.3 is 0 Å². The van der Waals surface area contributed by atoms with E-state index in [1.165, 1.54) is 5.57 Å². The summed E-state index contributed by atoms with van der Waals surface area (Å²) in [5.74, 6) is 0. The normalized spacial score (nSPS) is 18.0. The Morgan fingerprint density at radius 3 is 3.00 bits per heavy atom. The minimum absolute atomic E-state index is 1.09. The standard InChI is InChI=1S/C12H8/c1-3-7-11-9-5-2-6-10-12(11)8-4-1/h1-5,7,9-10H. The zero-order valence-corrected chi connectivity index (χ0v) is 6.62. The van der Waals surface area contributed by atoms with E-state index in [9.17, 15) is 0 Å². The van der Waals surface area contributed by atoms with E-state index >= 15 is 0 Å². The Kier molecular flexibility index (Phi) is 1.80. The number of allylic oxidation sites excluding steroid dienone is 8. The van der Waals surface area contributed by atoms with Crippen LogP contribution in [0.1, 0.15) is 0 Å². The molecule has 0 bridgehead atoms. The van der Waals surface area contributed by atoms with Gasteiger partial charge in [-0.3, -0.25) is 0 Å². The van der Waals surface area contributed by atoms with E-state index in [1.54, 1.807) is 0 Å². The summed E-state index contributed by atoms with van der Waals surface area (Å²) in [6.45, 7) is 0. The third kappa shape index (κ3) is 1.31. The fourth-order valence-electron chi connectivity index (χ4n) is 1.13. The molecule has 0 aromatic carbocycles. The van der Waals surface area contributed by atoms with Gasteiger partial charge in [0.05, 0.1) is 0 Å². The van der Waals surface area contributed by atoms with Crippen LogP contribution in [0.2, 0.25) is 0 Å². The monoisotopic (exact) mass is 152 g/mol. The molecule has 0 atom stereocenters. The molecule has 0 N–H and O–H groups in total. The summed E-state index contributed by atoms with van der Waals surface area (Å²) in [5, 5.41) is 0. The third-order valence-corrected chi connectivity index (χ3v) is 1.73. The summed E-state index contributed by atoms with van der Waals surface area (Å²) in [5.41, 5.74) is 8.49. The van der Waals surface area contributed by atoms with Crippen LogP contribution in [0.25, 0.3) is 0 Å². The van der Waals surface area contributed by atoms with Crippen LogP contribution in [0.3, 0.4) is 0 Å². The van der Waals surface area contributed by atoms with E-state index < -0.39 is 0 Å². The molecule has 0 saturated carbocycles. The maximum Gasteiger partial charge on any atom is 0.0314 e. The van der Waals surface area contributed by atoms with Crippen molar-refractivity contribution in [2.75, 3.05) is 0 Å². The first-order valence-corrected chi connectivity index (χ1v) is 3.90. The van der Waals surface area contributed by atoms with Crippen molar-refractivity contribution in [3.8, 4) is 0 Å². The van der Waals surface area contributed by atoms with Gasteiger partial charge >= 0.3 is 0 Å². The largest absolute Gasteiger partial charge is 0.120 e. The van der Waals surface area contributed by atoms with E-state index in [1.807, 2.05) is 36.5 Å². The highest BCUT2D eigenvalue weighted by Crippen LogP contribution is 2.15. The Balaban J connectivity index is 2.62. The van der Waals surface area contributed by atoms with Crippen molar-refractivity contribution in [1.82, 2.24) is 0 Å². The highest BCUT2D eigenvalue weighted by molar-refractivity contribution is 5.51. The van der Waals surface area contributed by atoms with E-state index in [4.69, 9.17) is 0 Å². The lowest BCUT2D eigenvalue weighted by molar-refractivity contribution is 1.58. The molecule has 0 aromatic heterocycles. The molecule has 0 fully saturated rings. The van der Waals surface area contributed by atoms with Crippen molar-refractivity contribution < 1.29 is 0 Å². The summed E-state index contributed by atoms with van der Waals surface area (Å²) < 4.78 is 0. The summed E-state index contributed by atoms with van der Waals surface area (Å²) in [6, 6.07) is 0. The van der Waals surface area contributed by atoms with Gasteiger partial charge in [0.1, 0.15) is 0 Å². The molecule has 12 heavy (non-hydrogen) atoms. The van der Waals surface area contributed by atoms with Gasteiger partial charge in [-0.05, 0) is 23.8 Å². The first-order valence-electron chi connectivity index (χ1n) is 3.90. The van der Waals surface area contributed by atoms with Gasteiger partial charge in [0.25, 0.3) is 0 Å². The van der Waals surface area contributed by atoms with Gasteiger partial charge in [-0.25, -0.2) is 0 Å². The van der Waals surface area contributed by atoms with Gasteiger partial charge in [-0.2, -0.15) is 0 Å². The molecule has 0 heterocycles. The summed E-state index contributed by atoms with van der Waals surface area (Å²) in [4.78, 5) is 0. The first kappa shape index (κ1) is 6.94. The molecule has 0 saturated heterocycles. The van der Waals surface area contributed by atoms with Crippen LogP contribution in [0.4, 0.5) is 0 Å². The van der Waals surface area contributed by atoms with Gasteiger partial charge in [0.2, 0.25) is 0 Å². The molecule has 2 aliphatic carbocycles. The zero-order chi connectivity index (χ0) is 8.23. The third-order valence-electron chi connectivity index (χ3n) is 1.73. The van der Waals surface area contributed by atoms with Crippen LogP contribution < -0.4 is 0 Å². The summed E-state index contributed by atoms with van der Waals surface area (Å²) >= 11 is 0. The van der Waals surface area contributed by atoms with Crippen molar-refractivity contribution in [1.29, 1.82) is 0 Å². The number of hydrogen-bond acceptors (Lipinski definition) is 0. The van der Waals surface area contributed by atoms with Crippen molar-refractivity contribution in [3.63, 3.8) is 0 Å². The predicted molar refractivity (Wildman–Crippen MR) is 50.6 cm³/mol. The van der Waals surface area contributed by atoms with E-state index in [0.29, 0.717) is 0 Å². The van der Waals surface area contributed by atoms with Crippen molar-refractivity contribution in [3.05, 3.63) is 71.2 Å². The maximum absolute atomic E-state index is 3.17. The number of hydrogen-bond donors (Lipinski definition) is 0. The van der Waals surface area contributed by atoms with Crippen LogP contribution in [0.15, 0.2) is 71.2 Å². The van der Waals surface area contributed by atoms with Crippen LogP contribution in [-0.4, -0.2) is 0 Å². The Labute approximate surface area is 71.9 Å². The second-order valence-corrected chi connectivity index (χ2v) is 2.57. The summed E-state index contributed by atoms with van der Waals surface area (Å²) in [6.07, 6.45) is 15.8. The smallest absolute Gasteiger partial charge is 0.0314 e. The Morgan fingerprint density at radius 1 is 1.00 bits per heavy atom. The van der Waals surface area contributed by atoms with Crippen LogP contribution >= 0.6 is 0 Å². The predicted octanol–water partition coefficient (Wildman–Crippen LogP) is 2.85. The molecule has 0 amide bonds. The molecular weight excluding hydrogens is 144 g/mol. The number of fused-ring (bicyclic) bond motifs is 1. The van der Waals surface area contributed by atoms with Crippen molar-refractivity contribution in [2.45, 2.75) is 0 Å². The molecule has 2 rings (SSSR count). The molecule has 0 aromatic rings. The Bertz CT molecular complexity index is 399. The minimum Gasteiger partial charge on any atom is -0.120 e. The van der Waals surface area contributed by atoms with Gasteiger partial charge in [0, 0.05) is 5.57 Å². The topological polar surface area (TPSA) is 0 Å². The minimum atomic E-state index is 1.09. The lowest BCUT2D eigenvalue weighted by atomic mass is 10.1. The molecule has 2 aliphatic rings. The SMILES string of the molecule is C1=CC=CC2=CC=CC=C=C2C=1. The van der Waals surface area contributed by atoms with Crippen LogP contribution in [0.5, 0.6) is 0 Å². The van der Waals surface area contributed by atoms with Crippen molar-refractivity contribution in [2.24, 2.45) is 0 Å². The average Bonchev–Trinajstić information content (AvgIpc) is 2.38. The molecule has 0 nitrogen and oxygen atoms in total. The molecular formula is C12H8. The number of rotatable bonds is 0. The fraction of sp³-hybridized carbons (Fsp3) is 0. The lowest BCUT2D eigenvalue weighted by Gasteiger charge is -1.94. The highest BCUT2D eigenvalue weighted by atomic mass is 14.0. The quantitative estimate of drug-likeness (QED) is 0.468. The van der Waals surface area contributed by atoms with E-state index in [2.05, 4.69) is 23.6 Å². The Morgan fingerprint density at radius 2 is 2.00 bits per heavy atom. The maximum atomic E-state index is 3.17. The van der Waals surface area contributed by atoms with Crippen LogP contribution in [-0.2, 0) is 0 Å². The van der Waals surface area contributed by atoms with Gasteiger partial charge in [0.15, 0.2) is 0 Å². The molecule has 56 valence electrons. The second-order valence-electron chi connectivity index (χ2n) is 2.57. The molecule has 0 unspecified atom stereocenters. The highest BCUT2D eigenvalue weighted by Gasteiger charge is 1.98. The first-order chi connectivity index (χ1) is 5.97. The molecule has 0 spiro atoms. The lowest BCUT2D eigenvalue weighted by Crippen LogP contribution is -1.77. The molecule has 0 aliphatic heterocycles. The van der Waals surface area contributed by atoms with Gasteiger partial charge in [-0.1, -0.05) is 30.4 Å². The van der Waals surface area contributed by atoms with Crippen LogP contribution in [0, 0.1) is 0 Å². The molecule has 0 radical (unpaired) electrons. The fourth-order valence-corrected chi connectivity index (χ4v) is 1.13. The Hall–Kier alpha value is -1.74. The molecule has 0 heteroatoms. The van der Waals surface area contributed by atoms with E-state index in [-0.39, 0.29) is 0 Å². The van der Waals surface area contributed by atoms with Gasteiger partial charge in [-0.15, -0.1) is 11.5 Å².